The summed E-state index contributed by atoms with van der Waals surface area (Å²) in [6.45, 7) is -0.154. The molecule has 0 atom stereocenters. The van der Waals surface area contributed by atoms with Gasteiger partial charge in [0.15, 0.2) is 0 Å². The van der Waals surface area contributed by atoms with Gasteiger partial charge in [0, 0.05) is 11.3 Å². The number of tetrazole rings is 1. The summed E-state index contributed by atoms with van der Waals surface area (Å²) >= 11 is 0. The molecular weight excluding hydrogens is 311 g/mol. The molecule has 0 fully saturated rings. The number of carbonyl (C=O) groups is 1. The number of aromatic nitrogens is 4. The lowest BCUT2D eigenvalue weighted by molar-refractivity contribution is -0.117. The number of carbonyl (C=O) groups excluding carboxylic acids is 1. The van der Waals surface area contributed by atoms with Crippen LogP contribution >= 0.6 is 0 Å². The van der Waals surface area contributed by atoms with Gasteiger partial charge in [0.05, 0.1) is 11.6 Å². The van der Waals surface area contributed by atoms with E-state index >= 15 is 0 Å². The van der Waals surface area contributed by atoms with Crippen LogP contribution in [0.25, 0.3) is 11.4 Å². The van der Waals surface area contributed by atoms with Gasteiger partial charge < -0.3 is 5.32 Å². The van der Waals surface area contributed by atoms with Crippen molar-refractivity contribution in [3.8, 4) is 17.5 Å². The van der Waals surface area contributed by atoms with E-state index in [2.05, 4.69) is 20.7 Å². The van der Waals surface area contributed by atoms with Crippen molar-refractivity contribution in [2.24, 2.45) is 0 Å². The summed E-state index contributed by atoms with van der Waals surface area (Å²) in [6, 6.07) is 14.3. The lowest BCUT2D eigenvalue weighted by atomic mass is 10.2. The Morgan fingerprint density at radius 1 is 1.25 bits per heavy atom. The van der Waals surface area contributed by atoms with Crippen LogP contribution in [-0.2, 0) is 11.3 Å². The van der Waals surface area contributed by atoms with E-state index in [0.717, 1.165) is 4.80 Å². The second-order valence-corrected chi connectivity index (χ2v) is 4.89. The fourth-order valence-corrected chi connectivity index (χ4v) is 2.05. The largest absolute Gasteiger partial charge is 0.324 e. The average molecular weight is 322 g/mol. The maximum atomic E-state index is 13.2. The second-order valence-electron chi connectivity index (χ2n) is 4.89. The van der Waals surface area contributed by atoms with Crippen molar-refractivity contribution >= 4 is 11.6 Å². The van der Waals surface area contributed by atoms with Gasteiger partial charge in [-0.3, -0.25) is 4.79 Å². The summed E-state index contributed by atoms with van der Waals surface area (Å²) in [4.78, 5) is 13.1. The highest BCUT2D eigenvalue weighted by Crippen LogP contribution is 2.14. The van der Waals surface area contributed by atoms with Gasteiger partial charge in [-0.15, -0.1) is 10.2 Å². The van der Waals surface area contributed by atoms with Crippen LogP contribution in [0.5, 0.6) is 0 Å². The average Bonchev–Trinajstić information content (AvgIpc) is 3.03. The fourth-order valence-electron chi connectivity index (χ4n) is 2.05. The number of benzene rings is 2. The molecule has 8 heteroatoms. The summed E-state index contributed by atoms with van der Waals surface area (Å²) in [5, 5.41) is 23.1. The zero-order valence-corrected chi connectivity index (χ0v) is 12.3. The van der Waals surface area contributed by atoms with Crippen molar-refractivity contribution < 1.29 is 9.18 Å². The Hall–Kier alpha value is -3.60. The molecule has 7 nitrogen and oxygen atoms in total. The van der Waals surface area contributed by atoms with Crippen LogP contribution in [0.3, 0.4) is 0 Å². The highest BCUT2D eigenvalue weighted by molar-refractivity contribution is 5.90. The Morgan fingerprint density at radius 2 is 2.08 bits per heavy atom. The first kappa shape index (κ1) is 15.3. The normalized spacial score (nSPS) is 10.2. The summed E-state index contributed by atoms with van der Waals surface area (Å²) in [6.07, 6.45) is 0. The molecule has 24 heavy (non-hydrogen) atoms. The number of amides is 1. The van der Waals surface area contributed by atoms with E-state index in [1.165, 1.54) is 12.1 Å². The summed E-state index contributed by atoms with van der Waals surface area (Å²) in [5.41, 5.74) is 1.42. The van der Waals surface area contributed by atoms with Gasteiger partial charge in [-0.2, -0.15) is 10.1 Å². The third-order valence-corrected chi connectivity index (χ3v) is 3.10. The van der Waals surface area contributed by atoms with E-state index in [1.54, 1.807) is 36.4 Å². The first-order chi connectivity index (χ1) is 11.6. The van der Waals surface area contributed by atoms with E-state index in [9.17, 15) is 9.18 Å². The molecular formula is C16H11FN6O. The molecule has 0 spiro atoms. The van der Waals surface area contributed by atoms with Crippen LogP contribution < -0.4 is 5.32 Å². The minimum atomic E-state index is -0.404. The number of nitrogens with one attached hydrogen (secondary N) is 1. The van der Waals surface area contributed by atoms with E-state index < -0.39 is 5.82 Å². The van der Waals surface area contributed by atoms with Crippen LogP contribution in [0.2, 0.25) is 0 Å². The van der Waals surface area contributed by atoms with E-state index in [-0.39, 0.29) is 18.3 Å². The topological polar surface area (TPSA) is 96.5 Å². The van der Waals surface area contributed by atoms with Crippen LogP contribution in [0.4, 0.5) is 10.1 Å². The molecule has 1 heterocycles. The highest BCUT2D eigenvalue weighted by Gasteiger charge is 2.10. The number of nitrogens with zero attached hydrogens (tertiary/aromatic N) is 5. The van der Waals surface area contributed by atoms with Crippen molar-refractivity contribution in [1.82, 2.24) is 20.2 Å². The Morgan fingerprint density at radius 3 is 2.88 bits per heavy atom. The van der Waals surface area contributed by atoms with Gasteiger partial charge in [0.2, 0.25) is 11.7 Å². The van der Waals surface area contributed by atoms with E-state index in [1.807, 2.05) is 6.07 Å². The number of rotatable bonds is 4. The number of halogens is 1. The molecule has 0 saturated heterocycles. The fraction of sp³-hybridized carbons (Fsp3) is 0.0625. The molecule has 0 aliphatic rings. The Kier molecular flexibility index (Phi) is 4.25. The zero-order valence-electron chi connectivity index (χ0n) is 12.3. The molecule has 118 valence electrons. The molecule has 2 aromatic carbocycles. The van der Waals surface area contributed by atoms with Crippen molar-refractivity contribution in [3.63, 3.8) is 0 Å². The van der Waals surface area contributed by atoms with Gasteiger partial charge in [-0.05, 0) is 35.5 Å². The molecule has 0 aliphatic carbocycles. The van der Waals surface area contributed by atoms with Crippen molar-refractivity contribution in [1.29, 1.82) is 5.26 Å². The van der Waals surface area contributed by atoms with Gasteiger partial charge >= 0.3 is 0 Å². The SMILES string of the molecule is N#Cc1cccc(NC(=O)Cn2nnc(-c3cccc(F)c3)n2)c1. The van der Waals surface area contributed by atoms with Crippen LogP contribution in [0, 0.1) is 17.1 Å². The molecule has 3 rings (SSSR count). The van der Waals surface area contributed by atoms with Crippen LogP contribution in [0.1, 0.15) is 5.56 Å². The number of anilines is 1. The van der Waals surface area contributed by atoms with E-state index in [4.69, 9.17) is 5.26 Å². The monoisotopic (exact) mass is 322 g/mol. The first-order valence-electron chi connectivity index (χ1n) is 6.98. The van der Waals surface area contributed by atoms with Gasteiger partial charge in [0.25, 0.3) is 0 Å². The summed E-state index contributed by atoms with van der Waals surface area (Å²) < 4.78 is 13.2. The maximum absolute atomic E-state index is 13.2. The quantitative estimate of drug-likeness (QED) is 0.792. The van der Waals surface area contributed by atoms with Crippen molar-refractivity contribution in [2.45, 2.75) is 6.54 Å². The minimum Gasteiger partial charge on any atom is -0.324 e. The predicted octanol–water partition coefficient (Wildman–Crippen LogP) is 1.99. The third-order valence-electron chi connectivity index (χ3n) is 3.10. The third kappa shape index (κ3) is 3.59. The van der Waals surface area contributed by atoms with Crippen LogP contribution in [0.15, 0.2) is 48.5 Å². The highest BCUT2D eigenvalue weighted by atomic mass is 19.1. The Balaban J connectivity index is 1.68. The molecule has 0 saturated carbocycles. The number of nitriles is 1. The van der Waals surface area contributed by atoms with Gasteiger partial charge in [-0.1, -0.05) is 18.2 Å². The lowest BCUT2D eigenvalue weighted by Gasteiger charge is -2.04. The van der Waals surface area contributed by atoms with Gasteiger partial charge in [0.1, 0.15) is 12.4 Å². The molecule has 3 aromatic rings. The van der Waals surface area contributed by atoms with Gasteiger partial charge in [-0.25, -0.2) is 4.39 Å². The second kappa shape index (κ2) is 6.66. The first-order valence-corrected chi connectivity index (χ1v) is 6.98. The molecule has 1 aromatic heterocycles. The molecule has 0 radical (unpaired) electrons. The number of hydrogen-bond acceptors (Lipinski definition) is 5. The Bertz CT molecular complexity index is 930. The smallest absolute Gasteiger partial charge is 0.248 e. The lowest BCUT2D eigenvalue weighted by Crippen LogP contribution is -2.20. The molecule has 0 unspecified atom stereocenters. The zero-order chi connectivity index (χ0) is 16.9. The molecule has 1 N–H and O–H groups in total. The van der Waals surface area contributed by atoms with E-state index in [0.29, 0.717) is 16.8 Å². The number of hydrogen-bond donors (Lipinski definition) is 1. The standard InChI is InChI=1S/C16H11FN6O/c17-13-5-2-4-12(8-13)16-20-22-23(21-16)10-15(24)19-14-6-1-3-11(7-14)9-18/h1-8H,10H2,(H,19,24). The minimum absolute atomic E-state index is 0.154. The van der Waals surface area contributed by atoms with Crippen molar-refractivity contribution in [3.05, 3.63) is 59.9 Å². The molecule has 0 aliphatic heterocycles. The predicted molar refractivity (Wildman–Crippen MR) is 83.0 cm³/mol. The summed E-state index contributed by atoms with van der Waals surface area (Å²) in [7, 11) is 0. The Labute approximate surface area is 136 Å². The van der Waals surface area contributed by atoms with Crippen LogP contribution in [-0.4, -0.2) is 26.1 Å². The molecule has 0 bridgehead atoms. The van der Waals surface area contributed by atoms with Crippen molar-refractivity contribution in [2.75, 3.05) is 5.32 Å². The molecule has 1 amide bonds. The maximum Gasteiger partial charge on any atom is 0.248 e. The summed E-state index contributed by atoms with van der Waals surface area (Å²) in [5.74, 6) is -0.541.